The molecular formula is C26H34NO7P. The van der Waals surface area contributed by atoms with Gasteiger partial charge in [0, 0.05) is 10.9 Å². The van der Waals surface area contributed by atoms with Gasteiger partial charge in [0.2, 0.25) is 0 Å². The average molecular weight is 504 g/mol. The molecule has 0 saturated heterocycles. The Morgan fingerprint density at radius 1 is 0.886 bits per heavy atom. The first kappa shape index (κ1) is 27.0. The van der Waals surface area contributed by atoms with Gasteiger partial charge < -0.3 is 14.5 Å². The van der Waals surface area contributed by atoms with E-state index in [0.717, 1.165) is 16.5 Å². The molecule has 0 atom stereocenters. The highest BCUT2D eigenvalue weighted by Crippen LogP contribution is 2.55. The third-order valence-electron chi connectivity index (χ3n) is 4.40. The van der Waals surface area contributed by atoms with Gasteiger partial charge in [0.15, 0.2) is 0 Å². The lowest BCUT2D eigenvalue weighted by atomic mass is 10.2. The number of phosphoric acid groups is 1. The Morgan fingerprint density at radius 3 is 2.17 bits per heavy atom. The molecule has 0 unspecified atom stereocenters. The number of hydrogen-bond donors (Lipinski definition) is 1. The maximum Gasteiger partial charge on any atom is 0.475 e. The molecule has 0 saturated carbocycles. The van der Waals surface area contributed by atoms with Crippen LogP contribution >= 0.6 is 7.82 Å². The van der Waals surface area contributed by atoms with Crippen molar-refractivity contribution in [2.24, 2.45) is 0 Å². The molecule has 190 valence electrons. The number of carbonyl (C=O) groups is 1. The van der Waals surface area contributed by atoms with Crippen molar-refractivity contribution in [2.45, 2.75) is 59.4 Å². The summed E-state index contributed by atoms with van der Waals surface area (Å²) in [5.74, 6) is 0.141. The van der Waals surface area contributed by atoms with Gasteiger partial charge in [-0.05, 0) is 71.4 Å². The van der Waals surface area contributed by atoms with E-state index in [9.17, 15) is 9.36 Å². The molecule has 0 spiro atoms. The fourth-order valence-corrected chi connectivity index (χ4v) is 4.94. The minimum atomic E-state index is -3.80. The van der Waals surface area contributed by atoms with Crippen molar-refractivity contribution in [3.05, 3.63) is 65.9 Å². The van der Waals surface area contributed by atoms with E-state index in [1.54, 1.807) is 59.7 Å². The first-order valence-electron chi connectivity index (χ1n) is 11.4. The third-order valence-corrected chi connectivity index (χ3v) is 6.44. The van der Waals surface area contributed by atoms with E-state index in [1.807, 2.05) is 36.4 Å². The Bertz CT molecular complexity index is 1160. The largest absolute Gasteiger partial charge is 0.491 e. The van der Waals surface area contributed by atoms with Crippen LogP contribution in [-0.4, -0.2) is 35.4 Å². The number of ether oxygens (including phenoxy) is 2. The first-order valence-corrected chi connectivity index (χ1v) is 12.9. The number of aromatic nitrogens is 1. The molecule has 35 heavy (non-hydrogen) atoms. The smallest absolute Gasteiger partial charge is 0.475 e. The number of hydrogen-bond acceptors (Lipinski definition) is 7. The second-order valence-corrected chi connectivity index (χ2v) is 11.5. The Balaban J connectivity index is 1.56. The van der Waals surface area contributed by atoms with Crippen LogP contribution in [0.4, 0.5) is 0 Å². The molecule has 0 aliphatic heterocycles. The minimum Gasteiger partial charge on any atom is -0.491 e. The summed E-state index contributed by atoms with van der Waals surface area (Å²) in [7, 11) is -3.80. The van der Waals surface area contributed by atoms with Gasteiger partial charge in [0.25, 0.3) is 0 Å². The molecule has 8 nitrogen and oxygen atoms in total. The van der Waals surface area contributed by atoms with E-state index < -0.39 is 25.0 Å². The van der Waals surface area contributed by atoms with Crippen LogP contribution in [0.1, 0.15) is 57.6 Å². The van der Waals surface area contributed by atoms with Gasteiger partial charge >= 0.3 is 13.8 Å². The topological polar surface area (TPSA) is 96.1 Å². The molecule has 9 heteroatoms. The number of nitrogens with one attached hydrogen (secondary N) is 1. The fraction of sp³-hybridized carbons (Fsp3) is 0.423. The van der Waals surface area contributed by atoms with Crippen molar-refractivity contribution >= 4 is 24.7 Å². The molecule has 1 aromatic heterocycles. The van der Waals surface area contributed by atoms with E-state index in [0.29, 0.717) is 11.4 Å². The average Bonchev–Trinajstić information content (AvgIpc) is 3.17. The van der Waals surface area contributed by atoms with Crippen molar-refractivity contribution in [2.75, 3.05) is 13.2 Å². The zero-order valence-electron chi connectivity index (χ0n) is 21.1. The Labute approximate surface area is 206 Å². The predicted molar refractivity (Wildman–Crippen MR) is 135 cm³/mol. The summed E-state index contributed by atoms with van der Waals surface area (Å²) >= 11 is 0. The molecule has 0 fully saturated rings. The van der Waals surface area contributed by atoms with Gasteiger partial charge in [-0.25, -0.2) is 9.36 Å². The number of phosphoric ester groups is 1. The number of aromatic amines is 1. The molecule has 1 N–H and O–H groups in total. The van der Waals surface area contributed by atoms with Gasteiger partial charge in [-0.15, -0.1) is 0 Å². The highest BCUT2D eigenvalue weighted by Gasteiger charge is 2.37. The molecule has 0 radical (unpaired) electrons. The van der Waals surface area contributed by atoms with Crippen molar-refractivity contribution in [1.29, 1.82) is 0 Å². The summed E-state index contributed by atoms with van der Waals surface area (Å²) in [5, 5.41) is 0.799. The molecule has 3 aromatic rings. The Kier molecular flexibility index (Phi) is 8.44. The maximum atomic E-state index is 13.1. The zero-order valence-corrected chi connectivity index (χ0v) is 22.0. The molecule has 0 aliphatic rings. The summed E-state index contributed by atoms with van der Waals surface area (Å²) in [6, 6.07) is 16.6. The molecule has 0 bridgehead atoms. The highest BCUT2D eigenvalue weighted by atomic mass is 31.2. The first-order chi connectivity index (χ1) is 16.3. The van der Waals surface area contributed by atoms with Crippen LogP contribution in [-0.2, 0) is 29.5 Å². The Morgan fingerprint density at radius 2 is 1.54 bits per heavy atom. The van der Waals surface area contributed by atoms with Gasteiger partial charge in [0.05, 0.1) is 17.8 Å². The summed E-state index contributed by atoms with van der Waals surface area (Å²) in [6.45, 7) is 11.0. The molecule has 0 aliphatic carbocycles. The van der Waals surface area contributed by atoms with Crippen LogP contribution in [0, 0.1) is 0 Å². The maximum absolute atomic E-state index is 13.1. The number of fused-ring (bicyclic) bond motifs is 1. The van der Waals surface area contributed by atoms with Gasteiger partial charge in [0.1, 0.15) is 24.7 Å². The second-order valence-electron chi connectivity index (χ2n) is 10.0. The Hall–Kier alpha value is -2.64. The van der Waals surface area contributed by atoms with Gasteiger partial charge in [-0.1, -0.05) is 30.3 Å². The van der Waals surface area contributed by atoms with Crippen LogP contribution in [0.3, 0.4) is 0 Å². The summed E-state index contributed by atoms with van der Waals surface area (Å²) < 4.78 is 40.9. The zero-order chi connectivity index (χ0) is 25.7. The molecule has 1 heterocycles. The number of carbonyl (C=O) groups excluding carboxylic acids is 1. The number of benzene rings is 2. The van der Waals surface area contributed by atoms with Gasteiger partial charge in [-0.2, -0.15) is 0 Å². The standard InChI is InChI=1S/C26H34NO7P/c1-25(2,3)33-35(29,34-26(4,5)6)32-15-14-30-21-12-13-22-20(16-21)17-23(27-22)24(28)31-18-19-10-8-7-9-11-19/h7-13,16-17,27H,14-15,18H2,1-6H3. The molecule has 3 rings (SSSR count). The van der Waals surface area contributed by atoms with Crippen molar-refractivity contribution < 1.29 is 32.4 Å². The quantitative estimate of drug-likeness (QED) is 0.188. The van der Waals surface area contributed by atoms with E-state index in [4.69, 9.17) is 23.0 Å². The summed E-state index contributed by atoms with van der Waals surface area (Å²) in [5.41, 5.74) is 0.639. The van der Waals surface area contributed by atoms with Crippen molar-refractivity contribution in [3.63, 3.8) is 0 Å². The normalized spacial score (nSPS) is 12.6. The lowest BCUT2D eigenvalue weighted by Gasteiger charge is -2.30. The lowest BCUT2D eigenvalue weighted by Crippen LogP contribution is -2.25. The van der Waals surface area contributed by atoms with Crippen LogP contribution in [0.25, 0.3) is 10.9 Å². The molecule has 2 aromatic carbocycles. The van der Waals surface area contributed by atoms with E-state index >= 15 is 0 Å². The second kappa shape index (κ2) is 11.0. The highest BCUT2D eigenvalue weighted by molar-refractivity contribution is 7.48. The summed E-state index contributed by atoms with van der Waals surface area (Å²) in [6.07, 6.45) is 0. The SMILES string of the molecule is CC(C)(C)OP(=O)(OCCOc1ccc2[nH]c(C(=O)OCc3ccccc3)cc2c1)OC(C)(C)C. The lowest BCUT2D eigenvalue weighted by molar-refractivity contribution is 0.000175. The van der Waals surface area contributed by atoms with Crippen molar-refractivity contribution in [1.82, 2.24) is 4.98 Å². The van der Waals surface area contributed by atoms with Crippen molar-refractivity contribution in [3.8, 4) is 5.75 Å². The monoisotopic (exact) mass is 503 g/mol. The summed E-state index contributed by atoms with van der Waals surface area (Å²) in [4.78, 5) is 15.5. The van der Waals surface area contributed by atoms with Crippen LogP contribution in [0.15, 0.2) is 54.6 Å². The predicted octanol–water partition coefficient (Wildman–Crippen LogP) is 6.66. The third kappa shape index (κ3) is 8.82. The fourth-order valence-electron chi connectivity index (χ4n) is 3.16. The van der Waals surface area contributed by atoms with E-state index in [-0.39, 0.29) is 19.8 Å². The van der Waals surface area contributed by atoms with Crippen LogP contribution in [0.5, 0.6) is 5.75 Å². The number of H-pyrrole nitrogens is 1. The van der Waals surface area contributed by atoms with Crippen LogP contribution in [0.2, 0.25) is 0 Å². The molecule has 0 amide bonds. The minimum absolute atomic E-state index is 0.00563. The number of esters is 1. The number of rotatable bonds is 10. The van der Waals surface area contributed by atoms with Gasteiger partial charge in [-0.3, -0.25) is 13.6 Å². The van der Waals surface area contributed by atoms with E-state index in [2.05, 4.69) is 4.98 Å². The molecular weight excluding hydrogens is 469 g/mol. The van der Waals surface area contributed by atoms with Crippen LogP contribution < -0.4 is 4.74 Å². The van der Waals surface area contributed by atoms with E-state index in [1.165, 1.54) is 0 Å².